The van der Waals surface area contributed by atoms with Gasteiger partial charge in [-0.25, -0.2) is 8.42 Å². The summed E-state index contributed by atoms with van der Waals surface area (Å²) in [6.07, 6.45) is 3.55. The second-order valence-corrected chi connectivity index (χ2v) is 9.20. The van der Waals surface area contributed by atoms with Crippen molar-refractivity contribution in [1.29, 1.82) is 0 Å². The van der Waals surface area contributed by atoms with Crippen LogP contribution in [-0.2, 0) is 25.9 Å². The number of benzene rings is 1. The molecule has 0 aromatic heterocycles. The molecule has 2 aliphatic rings. The van der Waals surface area contributed by atoms with E-state index in [1.807, 2.05) is 12.1 Å². The molecule has 27 heavy (non-hydrogen) atoms. The molecule has 2 saturated heterocycles. The van der Waals surface area contributed by atoms with Gasteiger partial charge >= 0.3 is 0 Å². The van der Waals surface area contributed by atoms with Crippen LogP contribution in [-0.4, -0.2) is 76.3 Å². The fraction of sp³-hybridized carbons (Fsp3) is 0.700. The molecule has 0 amide bonds. The zero-order valence-electron chi connectivity index (χ0n) is 16.3. The summed E-state index contributed by atoms with van der Waals surface area (Å²) in [4.78, 5) is 2.69. The van der Waals surface area contributed by atoms with E-state index in [0.717, 1.165) is 58.5 Å². The lowest BCUT2D eigenvalue weighted by molar-refractivity contribution is 0.0291. The van der Waals surface area contributed by atoms with Gasteiger partial charge in [0.25, 0.3) is 0 Å². The zero-order valence-corrected chi connectivity index (χ0v) is 17.1. The fourth-order valence-electron chi connectivity index (χ4n) is 3.79. The summed E-state index contributed by atoms with van der Waals surface area (Å²) in [6, 6.07) is 7.43. The molecule has 2 heterocycles. The first-order chi connectivity index (χ1) is 13.1. The lowest BCUT2D eigenvalue weighted by Crippen LogP contribution is -2.48. The highest BCUT2D eigenvalue weighted by atomic mass is 32.2. The average molecular weight is 397 g/mol. The van der Waals surface area contributed by atoms with Crippen LogP contribution in [0, 0.1) is 0 Å². The normalized spacial score (nSPS) is 20.2. The van der Waals surface area contributed by atoms with Crippen LogP contribution >= 0.6 is 0 Å². The van der Waals surface area contributed by atoms with Crippen LogP contribution in [0.1, 0.15) is 31.7 Å². The number of rotatable bonds is 8. The SMILES string of the molecule is CCCc1ccc(S(=O)(=O)N(CCN2CCOCC2)C2CCOCC2)cc1. The Hall–Kier alpha value is -0.990. The van der Waals surface area contributed by atoms with Gasteiger partial charge in [0.05, 0.1) is 18.1 Å². The lowest BCUT2D eigenvalue weighted by Gasteiger charge is -2.35. The Bertz CT molecular complexity index is 666. The Morgan fingerprint density at radius 1 is 1.04 bits per heavy atom. The van der Waals surface area contributed by atoms with E-state index in [9.17, 15) is 8.42 Å². The van der Waals surface area contributed by atoms with Gasteiger partial charge in [0.15, 0.2) is 0 Å². The molecule has 0 atom stereocenters. The molecule has 0 unspecified atom stereocenters. The van der Waals surface area contributed by atoms with Crippen LogP contribution in [0.15, 0.2) is 29.2 Å². The molecule has 6 nitrogen and oxygen atoms in total. The fourth-order valence-corrected chi connectivity index (χ4v) is 5.47. The molecule has 0 spiro atoms. The summed E-state index contributed by atoms with van der Waals surface area (Å²) in [5, 5.41) is 0. The molecule has 7 heteroatoms. The molecule has 0 saturated carbocycles. The third-order valence-corrected chi connectivity index (χ3v) is 7.37. The van der Waals surface area contributed by atoms with E-state index >= 15 is 0 Å². The van der Waals surface area contributed by atoms with Crippen molar-refractivity contribution < 1.29 is 17.9 Å². The van der Waals surface area contributed by atoms with Crippen LogP contribution in [0.4, 0.5) is 0 Å². The van der Waals surface area contributed by atoms with Gasteiger partial charge in [-0.2, -0.15) is 4.31 Å². The molecule has 0 N–H and O–H groups in total. The molecule has 3 rings (SSSR count). The van der Waals surface area contributed by atoms with Gasteiger partial charge in [0.1, 0.15) is 0 Å². The summed E-state index contributed by atoms with van der Waals surface area (Å²) < 4.78 is 39.4. The van der Waals surface area contributed by atoms with E-state index < -0.39 is 10.0 Å². The number of aryl methyl sites for hydroxylation is 1. The highest BCUT2D eigenvalue weighted by Gasteiger charge is 2.33. The van der Waals surface area contributed by atoms with Crippen LogP contribution < -0.4 is 0 Å². The van der Waals surface area contributed by atoms with Crippen molar-refractivity contribution in [3.05, 3.63) is 29.8 Å². The number of ether oxygens (including phenoxy) is 2. The Labute approximate surface area is 163 Å². The van der Waals surface area contributed by atoms with Crippen molar-refractivity contribution in [3.63, 3.8) is 0 Å². The summed E-state index contributed by atoms with van der Waals surface area (Å²) in [5.41, 5.74) is 1.18. The van der Waals surface area contributed by atoms with Crippen molar-refractivity contribution >= 4 is 10.0 Å². The molecule has 1 aromatic rings. The maximum Gasteiger partial charge on any atom is 0.243 e. The molecular formula is C20H32N2O4S. The molecule has 0 radical (unpaired) electrons. The van der Waals surface area contributed by atoms with Crippen LogP contribution in [0.5, 0.6) is 0 Å². The van der Waals surface area contributed by atoms with Gasteiger partial charge in [-0.1, -0.05) is 25.5 Å². The Balaban J connectivity index is 1.76. The van der Waals surface area contributed by atoms with Gasteiger partial charge in [-0.15, -0.1) is 0 Å². The molecule has 2 fully saturated rings. The van der Waals surface area contributed by atoms with Gasteiger partial charge in [-0.3, -0.25) is 4.90 Å². The summed E-state index contributed by atoms with van der Waals surface area (Å²) in [7, 11) is -3.51. The van der Waals surface area contributed by atoms with E-state index in [0.29, 0.717) is 24.7 Å². The summed E-state index contributed by atoms with van der Waals surface area (Å²) >= 11 is 0. The van der Waals surface area contributed by atoms with E-state index in [1.165, 1.54) is 5.56 Å². The minimum absolute atomic E-state index is 0.0140. The zero-order chi connectivity index (χ0) is 19.1. The number of nitrogens with zero attached hydrogens (tertiary/aromatic N) is 2. The van der Waals surface area contributed by atoms with Crippen molar-refractivity contribution in [2.45, 2.75) is 43.5 Å². The Morgan fingerprint density at radius 3 is 2.30 bits per heavy atom. The number of hydrogen-bond acceptors (Lipinski definition) is 5. The van der Waals surface area contributed by atoms with Crippen LogP contribution in [0.2, 0.25) is 0 Å². The third kappa shape index (κ3) is 5.51. The smallest absolute Gasteiger partial charge is 0.243 e. The topological polar surface area (TPSA) is 59.1 Å². The molecule has 0 aliphatic carbocycles. The van der Waals surface area contributed by atoms with Crippen molar-refractivity contribution in [1.82, 2.24) is 9.21 Å². The first-order valence-corrected chi connectivity index (χ1v) is 11.5. The first-order valence-electron chi connectivity index (χ1n) is 10.1. The van der Waals surface area contributed by atoms with Crippen molar-refractivity contribution in [2.24, 2.45) is 0 Å². The van der Waals surface area contributed by atoms with E-state index in [1.54, 1.807) is 16.4 Å². The molecular weight excluding hydrogens is 364 g/mol. The van der Waals surface area contributed by atoms with E-state index in [2.05, 4.69) is 11.8 Å². The maximum absolute atomic E-state index is 13.4. The standard InChI is InChI=1S/C20H32N2O4S/c1-2-3-18-4-6-20(7-5-18)27(23,24)22(19-8-14-25-15-9-19)11-10-21-12-16-26-17-13-21/h4-7,19H,2-3,8-17H2,1H3. The Morgan fingerprint density at radius 2 is 1.67 bits per heavy atom. The van der Waals surface area contributed by atoms with E-state index in [-0.39, 0.29) is 6.04 Å². The first kappa shape index (κ1) is 20.7. The number of hydrogen-bond donors (Lipinski definition) is 0. The molecule has 1 aromatic carbocycles. The maximum atomic E-state index is 13.4. The summed E-state index contributed by atoms with van der Waals surface area (Å²) in [5.74, 6) is 0. The van der Waals surface area contributed by atoms with Crippen molar-refractivity contribution in [3.8, 4) is 0 Å². The molecule has 2 aliphatic heterocycles. The van der Waals surface area contributed by atoms with Crippen LogP contribution in [0.3, 0.4) is 0 Å². The third-order valence-electron chi connectivity index (χ3n) is 5.41. The minimum atomic E-state index is -3.51. The second-order valence-electron chi connectivity index (χ2n) is 7.31. The van der Waals surface area contributed by atoms with Gasteiger partial charge < -0.3 is 9.47 Å². The highest BCUT2D eigenvalue weighted by Crippen LogP contribution is 2.24. The summed E-state index contributed by atoms with van der Waals surface area (Å²) in [6.45, 7) is 7.83. The highest BCUT2D eigenvalue weighted by molar-refractivity contribution is 7.89. The van der Waals surface area contributed by atoms with Crippen molar-refractivity contribution in [2.75, 3.05) is 52.6 Å². The molecule has 0 bridgehead atoms. The van der Waals surface area contributed by atoms with Gasteiger partial charge in [0, 0.05) is 45.4 Å². The average Bonchev–Trinajstić information content (AvgIpc) is 2.70. The van der Waals surface area contributed by atoms with Gasteiger partial charge in [-0.05, 0) is 37.0 Å². The largest absolute Gasteiger partial charge is 0.381 e. The quantitative estimate of drug-likeness (QED) is 0.674. The van der Waals surface area contributed by atoms with E-state index in [4.69, 9.17) is 9.47 Å². The molecule has 152 valence electrons. The van der Waals surface area contributed by atoms with Gasteiger partial charge in [0.2, 0.25) is 10.0 Å². The minimum Gasteiger partial charge on any atom is -0.381 e. The van der Waals surface area contributed by atoms with Crippen LogP contribution in [0.25, 0.3) is 0 Å². The number of sulfonamides is 1. The second kappa shape index (κ2) is 9.98. The predicted octanol–water partition coefficient (Wildman–Crippen LogP) is 2.14. The lowest BCUT2D eigenvalue weighted by atomic mass is 10.1. The monoisotopic (exact) mass is 396 g/mol. The predicted molar refractivity (Wildman–Crippen MR) is 105 cm³/mol. The number of morpholine rings is 1. The Kier molecular flexibility index (Phi) is 7.66.